The van der Waals surface area contributed by atoms with Crippen LogP contribution >= 0.6 is 0 Å². The second-order valence-corrected chi connectivity index (χ2v) is 8.19. The fourth-order valence-corrected chi connectivity index (χ4v) is 4.22. The molecule has 3 heterocycles. The Labute approximate surface area is 172 Å². The summed E-state index contributed by atoms with van der Waals surface area (Å²) in [6, 6.07) is 13.6. The van der Waals surface area contributed by atoms with E-state index >= 15 is 0 Å². The fourth-order valence-electron chi connectivity index (χ4n) is 4.22. The topological polar surface area (TPSA) is 58.1 Å². The lowest BCUT2D eigenvalue weighted by Gasteiger charge is -2.32. The number of amides is 1. The Balaban J connectivity index is 1.58. The van der Waals surface area contributed by atoms with Crippen molar-refractivity contribution >= 4 is 16.8 Å². The molecule has 0 saturated carbocycles. The zero-order valence-electron chi connectivity index (χ0n) is 17.1. The van der Waals surface area contributed by atoms with Gasteiger partial charge in [0.15, 0.2) is 0 Å². The summed E-state index contributed by atoms with van der Waals surface area (Å²) in [6.07, 6.45) is 6.03. The molecule has 150 valence electrons. The molecule has 29 heavy (non-hydrogen) atoms. The van der Waals surface area contributed by atoms with Gasteiger partial charge in [-0.25, -0.2) is 4.98 Å². The van der Waals surface area contributed by atoms with Gasteiger partial charge in [-0.3, -0.25) is 9.78 Å². The minimum absolute atomic E-state index is 0.0449. The number of fused-ring (bicyclic) bond motifs is 1. The van der Waals surface area contributed by atoms with E-state index in [1.54, 1.807) is 12.4 Å². The molecule has 0 bridgehead atoms. The minimum Gasteiger partial charge on any atom is -0.348 e. The molecule has 0 aliphatic carbocycles. The van der Waals surface area contributed by atoms with Crippen LogP contribution in [-0.2, 0) is 0 Å². The van der Waals surface area contributed by atoms with Crippen molar-refractivity contribution in [1.29, 1.82) is 0 Å². The quantitative estimate of drug-likeness (QED) is 0.713. The molecular formula is C24H28N4O. The maximum absolute atomic E-state index is 13.2. The number of hydrogen-bond donors (Lipinski definition) is 1. The number of carbonyl (C=O) groups is 1. The second-order valence-electron chi connectivity index (χ2n) is 8.19. The van der Waals surface area contributed by atoms with E-state index in [0.29, 0.717) is 5.56 Å². The Morgan fingerprint density at radius 1 is 1.24 bits per heavy atom. The SMILES string of the molecule is CC1CCCN(CC(C)NC(=O)c2cc(-c3ccncc3)nc3ccccc23)C1. The van der Waals surface area contributed by atoms with E-state index in [-0.39, 0.29) is 11.9 Å². The third-order valence-corrected chi connectivity index (χ3v) is 5.59. The molecular weight excluding hydrogens is 360 g/mol. The zero-order chi connectivity index (χ0) is 20.2. The van der Waals surface area contributed by atoms with Crippen molar-refractivity contribution in [3.63, 3.8) is 0 Å². The Kier molecular flexibility index (Phi) is 5.86. The van der Waals surface area contributed by atoms with E-state index in [9.17, 15) is 4.79 Å². The summed E-state index contributed by atoms with van der Waals surface area (Å²) in [5, 5.41) is 4.08. The number of likely N-dealkylation sites (tertiary alicyclic amines) is 1. The van der Waals surface area contributed by atoms with Gasteiger partial charge in [-0.2, -0.15) is 0 Å². The number of nitrogens with one attached hydrogen (secondary N) is 1. The fraction of sp³-hybridized carbons (Fsp3) is 0.375. The highest BCUT2D eigenvalue weighted by Crippen LogP contribution is 2.24. The van der Waals surface area contributed by atoms with Crippen LogP contribution in [0.5, 0.6) is 0 Å². The number of rotatable bonds is 5. The largest absolute Gasteiger partial charge is 0.348 e. The monoisotopic (exact) mass is 388 g/mol. The van der Waals surface area contributed by atoms with Gasteiger partial charge >= 0.3 is 0 Å². The molecule has 1 aliphatic rings. The maximum Gasteiger partial charge on any atom is 0.252 e. The van der Waals surface area contributed by atoms with Crippen molar-refractivity contribution in [1.82, 2.24) is 20.2 Å². The third kappa shape index (κ3) is 4.62. The summed E-state index contributed by atoms with van der Waals surface area (Å²) in [5.41, 5.74) is 3.23. The summed E-state index contributed by atoms with van der Waals surface area (Å²) in [6.45, 7) is 7.51. The van der Waals surface area contributed by atoms with Crippen LogP contribution in [0.25, 0.3) is 22.2 Å². The highest BCUT2D eigenvalue weighted by Gasteiger charge is 2.20. The van der Waals surface area contributed by atoms with Crippen LogP contribution in [0.4, 0.5) is 0 Å². The molecule has 1 aromatic carbocycles. The molecule has 2 aromatic heterocycles. The van der Waals surface area contributed by atoms with E-state index < -0.39 is 0 Å². The van der Waals surface area contributed by atoms with Gasteiger partial charge in [-0.05, 0) is 56.5 Å². The molecule has 1 aliphatic heterocycles. The van der Waals surface area contributed by atoms with Crippen LogP contribution < -0.4 is 5.32 Å². The van der Waals surface area contributed by atoms with Crippen molar-refractivity contribution in [3.8, 4) is 11.3 Å². The average Bonchev–Trinajstić information content (AvgIpc) is 2.73. The molecule has 4 rings (SSSR count). The lowest BCUT2D eigenvalue weighted by Crippen LogP contribution is -2.45. The first-order valence-electron chi connectivity index (χ1n) is 10.4. The number of carbonyl (C=O) groups excluding carboxylic acids is 1. The van der Waals surface area contributed by atoms with Crippen LogP contribution in [0.15, 0.2) is 54.9 Å². The average molecular weight is 389 g/mol. The lowest BCUT2D eigenvalue weighted by atomic mass is 10.00. The molecule has 1 N–H and O–H groups in total. The number of pyridine rings is 2. The molecule has 2 unspecified atom stereocenters. The molecule has 1 fully saturated rings. The number of nitrogens with zero attached hydrogens (tertiary/aromatic N) is 3. The summed E-state index contributed by atoms with van der Waals surface area (Å²) >= 11 is 0. The Bertz CT molecular complexity index is 989. The Hall–Kier alpha value is -2.79. The smallest absolute Gasteiger partial charge is 0.252 e. The van der Waals surface area contributed by atoms with Crippen LogP contribution in [0.3, 0.4) is 0 Å². The highest BCUT2D eigenvalue weighted by atomic mass is 16.1. The van der Waals surface area contributed by atoms with E-state index in [2.05, 4.69) is 29.0 Å². The van der Waals surface area contributed by atoms with Gasteiger partial charge in [0.25, 0.3) is 5.91 Å². The number of para-hydroxylation sites is 1. The molecule has 0 spiro atoms. The van der Waals surface area contributed by atoms with Crippen molar-refractivity contribution in [2.24, 2.45) is 5.92 Å². The molecule has 5 nitrogen and oxygen atoms in total. The molecule has 1 amide bonds. The Morgan fingerprint density at radius 3 is 2.83 bits per heavy atom. The maximum atomic E-state index is 13.2. The zero-order valence-corrected chi connectivity index (χ0v) is 17.1. The normalized spacial score (nSPS) is 18.5. The van der Waals surface area contributed by atoms with Gasteiger partial charge in [0.1, 0.15) is 0 Å². The predicted molar refractivity (Wildman–Crippen MR) is 117 cm³/mol. The summed E-state index contributed by atoms with van der Waals surface area (Å²) in [5.74, 6) is 0.690. The van der Waals surface area contributed by atoms with Gasteiger partial charge in [0.05, 0.1) is 16.8 Å². The molecule has 1 saturated heterocycles. The van der Waals surface area contributed by atoms with Gasteiger partial charge < -0.3 is 10.2 Å². The second kappa shape index (κ2) is 8.70. The van der Waals surface area contributed by atoms with Crippen LogP contribution in [-0.4, -0.2) is 46.5 Å². The van der Waals surface area contributed by atoms with Gasteiger partial charge in [-0.15, -0.1) is 0 Å². The van der Waals surface area contributed by atoms with Crippen LogP contribution in [0, 0.1) is 5.92 Å². The van der Waals surface area contributed by atoms with E-state index in [0.717, 1.165) is 47.7 Å². The summed E-state index contributed by atoms with van der Waals surface area (Å²) in [7, 11) is 0. The van der Waals surface area contributed by atoms with Crippen molar-refractivity contribution in [2.75, 3.05) is 19.6 Å². The first kappa shape index (κ1) is 19.5. The van der Waals surface area contributed by atoms with Crippen molar-refractivity contribution in [3.05, 3.63) is 60.4 Å². The van der Waals surface area contributed by atoms with Crippen molar-refractivity contribution in [2.45, 2.75) is 32.7 Å². The molecule has 5 heteroatoms. The first-order chi connectivity index (χ1) is 14.1. The standard InChI is InChI=1S/C24H28N4O/c1-17-6-5-13-28(15-17)16-18(2)26-24(29)21-14-23(19-9-11-25-12-10-19)27-22-8-4-3-7-20(21)22/h3-4,7-12,14,17-18H,5-6,13,15-16H2,1-2H3,(H,26,29). The van der Waals surface area contributed by atoms with E-state index in [4.69, 9.17) is 4.98 Å². The number of benzene rings is 1. The van der Waals surface area contributed by atoms with E-state index in [1.807, 2.05) is 42.5 Å². The van der Waals surface area contributed by atoms with E-state index in [1.165, 1.54) is 12.8 Å². The Morgan fingerprint density at radius 2 is 2.03 bits per heavy atom. The van der Waals surface area contributed by atoms with Gasteiger partial charge in [-0.1, -0.05) is 25.1 Å². The minimum atomic E-state index is -0.0449. The number of piperidine rings is 1. The van der Waals surface area contributed by atoms with Crippen LogP contribution in [0.2, 0.25) is 0 Å². The molecule has 2 atom stereocenters. The molecule has 0 radical (unpaired) electrons. The summed E-state index contributed by atoms with van der Waals surface area (Å²) < 4.78 is 0. The number of hydrogen-bond acceptors (Lipinski definition) is 4. The number of aromatic nitrogens is 2. The van der Waals surface area contributed by atoms with Gasteiger partial charge in [0, 0.05) is 42.5 Å². The molecule has 3 aromatic rings. The van der Waals surface area contributed by atoms with Crippen molar-refractivity contribution < 1.29 is 4.79 Å². The first-order valence-corrected chi connectivity index (χ1v) is 10.4. The predicted octanol–water partition coefficient (Wildman–Crippen LogP) is 4.15. The van der Waals surface area contributed by atoms with Gasteiger partial charge in [0.2, 0.25) is 0 Å². The third-order valence-electron chi connectivity index (χ3n) is 5.59. The highest BCUT2D eigenvalue weighted by molar-refractivity contribution is 6.07. The summed E-state index contributed by atoms with van der Waals surface area (Å²) in [4.78, 5) is 24.5. The van der Waals surface area contributed by atoms with Crippen LogP contribution in [0.1, 0.15) is 37.0 Å². The lowest BCUT2D eigenvalue weighted by molar-refractivity contribution is 0.0921.